The number of hydrogen-bond acceptors (Lipinski definition) is 4. The second-order valence-corrected chi connectivity index (χ2v) is 3.23. The second kappa shape index (κ2) is 6.42. The van der Waals surface area contributed by atoms with E-state index in [2.05, 4.69) is 5.48 Å². The zero-order chi connectivity index (χ0) is 12.0. The molecule has 0 fully saturated rings. The van der Waals surface area contributed by atoms with Gasteiger partial charge in [-0.2, -0.15) is 5.48 Å². The van der Waals surface area contributed by atoms with Crippen molar-refractivity contribution in [3.05, 3.63) is 29.1 Å². The summed E-state index contributed by atoms with van der Waals surface area (Å²) in [6.07, 6.45) is 0. The molecule has 16 heavy (non-hydrogen) atoms. The lowest BCUT2D eigenvalue weighted by Crippen LogP contribution is -2.12. The lowest BCUT2D eigenvalue weighted by atomic mass is 10.1. The van der Waals surface area contributed by atoms with E-state index in [1.54, 1.807) is 7.11 Å². The van der Waals surface area contributed by atoms with Gasteiger partial charge in [0.25, 0.3) is 0 Å². The molecule has 0 aliphatic rings. The second-order valence-electron chi connectivity index (χ2n) is 3.23. The minimum absolute atomic E-state index is 0.226. The Labute approximate surface area is 94.3 Å². The number of rotatable bonds is 6. The molecule has 0 atom stereocenters. The summed E-state index contributed by atoms with van der Waals surface area (Å²) in [5, 5.41) is 0. The van der Waals surface area contributed by atoms with Gasteiger partial charge in [-0.15, -0.1) is 0 Å². The van der Waals surface area contributed by atoms with Gasteiger partial charge in [-0.1, -0.05) is 0 Å². The van der Waals surface area contributed by atoms with Crippen molar-refractivity contribution in [2.24, 2.45) is 0 Å². The number of methoxy groups -OCH3 is 2. The summed E-state index contributed by atoms with van der Waals surface area (Å²) >= 11 is 0. The third-order valence-corrected chi connectivity index (χ3v) is 2.10. The molecule has 0 heterocycles. The molecule has 4 nitrogen and oxygen atoms in total. The molecule has 1 N–H and O–H groups in total. The molecule has 0 radical (unpaired) electrons. The molecule has 0 spiro atoms. The van der Waals surface area contributed by atoms with Gasteiger partial charge in [0, 0.05) is 19.2 Å². The minimum atomic E-state index is -0.398. The highest BCUT2D eigenvalue weighted by Crippen LogP contribution is 2.24. The van der Waals surface area contributed by atoms with Crippen LogP contribution in [0.4, 0.5) is 4.39 Å². The highest BCUT2D eigenvalue weighted by atomic mass is 19.1. The molecule has 90 valence electrons. The number of benzene rings is 1. The smallest absolute Gasteiger partial charge is 0.165 e. The first-order valence-electron chi connectivity index (χ1n) is 4.83. The predicted molar refractivity (Wildman–Crippen MR) is 57.5 cm³/mol. The quantitative estimate of drug-likeness (QED) is 0.753. The van der Waals surface area contributed by atoms with Gasteiger partial charge in [0.15, 0.2) is 11.6 Å². The van der Waals surface area contributed by atoms with Crippen LogP contribution >= 0.6 is 0 Å². The maximum Gasteiger partial charge on any atom is 0.165 e. The van der Waals surface area contributed by atoms with Gasteiger partial charge in [-0.3, -0.25) is 0 Å². The molecule has 1 rings (SSSR count). The number of hydroxylamine groups is 1. The molecule has 0 aromatic heterocycles. The Morgan fingerprint density at radius 3 is 2.56 bits per heavy atom. The molecule has 0 amide bonds. The Kier molecular flexibility index (Phi) is 5.18. The first-order chi connectivity index (χ1) is 7.72. The maximum absolute atomic E-state index is 13.6. The predicted octanol–water partition coefficient (Wildman–Crippen LogP) is 1.63. The lowest BCUT2D eigenvalue weighted by Gasteiger charge is -2.12. The maximum atomic E-state index is 13.6. The average molecular weight is 229 g/mol. The molecule has 0 unspecified atom stereocenters. The van der Waals surface area contributed by atoms with Crippen molar-refractivity contribution >= 4 is 0 Å². The van der Waals surface area contributed by atoms with E-state index in [0.29, 0.717) is 18.7 Å². The first-order valence-corrected chi connectivity index (χ1v) is 4.83. The standard InChI is InChI=1S/C11H16FNO3/c1-14-7-8-4-9(6-13-16-3)11(15-2)10(12)5-8/h4-5,13H,6-7H2,1-3H3. The summed E-state index contributed by atoms with van der Waals surface area (Å²) in [4.78, 5) is 4.73. The van der Waals surface area contributed by atoms with Crippen molar-refractivity contribution in [1.29, 1.82) is 0 Å². The van der Waals surface area contributed by atoms with E-state index in [0.717, 1.165) is 5.56 Å². The summed E-state index contributed by atoms with van der Waals surface area (Å²) in [7, 11) is 4.50. The van der Waals surface area contributed by atoms with E-state index in [9.17, 15) is 4.39 Å². The van der Waals surface area contributed by atoms with Crippen LogP contribution < -0.4 is 10.2 Å². The molecular formula is C11H16FNO3. The minimum Gasteiger partial charge on any atom is -0.493 e. The SMILES string of the molecule is COCc1cc(F)c(OC)c(CNOC)c1. The Hall–Kier alpha value is -1.17. The normalized spacial score (nSPS) is 10.5. The third kappa shape index (κ3) is 3.16. The van der Waals surface area contributed by atoms with Gasteiger partial charge in [0.2, 0.25) is 0 Å². The van der Waals surface area contributed by atoms with Crippen LogP contribution in [-0.2, 0) is 22.7 Å². The molecule has 5 heteroatoms. The lowest BCUT2D eigenvalue weighted by molar-refractivity contribution is 0.0859. The summed E-state index contributed by atoms with van der Waals surface area (Å²) in [6.45, 7) is 0.731. The van der Waals surface area contributed by atoms with E-state index in [1.165, 1.54) is 20.3 Å². The molecule has 0 bridgehead atoms. The molecule has 0 aliphatic heterocycles. The summed E-state index contributed by atoms with van der Waals surface area (Å²) in [6, 6.07) is 3.22. The molecular weight excluding hydrogens is 213 g/mol. The van der Waals surface area contributed by atoms with Crippen molar-refractivity contribution in [2.75, 3.05) is 21.3 Å². The van der Waals surface area contributed by atoms with Crippen LogP contribution in [-0.4, -0.2) is 21.3 Å². The van der Waals surface area contributed by atoms with Gasteiger partial charge < -0.3 is 14.3 Å². The fourth-order valence-corrected chi connectivity index (χ4v) is 1.47. The topological polar surface area (TPSA) is 39.7 Å². The highest BCUT2D eigenvalue weighted by Gasteiger charge is 2.11. The molecule has 0 saturated carbocycles. The van der Waals surface area contributed by atoms with Crippen molar-refractivity contribution < 1.29 is 18.7 Å². The van der Waals surface area contributed by atoms with E-state index in [1.807, 2.05) is 6.07 Å². The van der Waals surface area contributed by atoms with Crippen molar-refractivity contribution in [3.8, 4) is 5.75 Å². The van der Waals surface area contributed by atoms with Gasteiger partial charge in [-0.25, -0.2) is 4.39 Å². The van der Waals surface area contributed by atoms with Gasteiger partial charge >= 0.3 is 0 Å². The zero-order valence-corrected chi connectivity index (χ0v) is 9.67. The molecule has 0 saturated heterocycles. The van der Waals surface area contributed by atoms with E-state index in [-0.39, 0.29) is 5.75 Å². The first kappa shape index (κ1) is 12.9. The van der Waals surface area contributed by atoms with E-state index in [4.69, 9.17) is 14.3 Å². The molecule has 1 aromatic rings. The Morgan fingerprint density at radius 2 is 2.00 bits per heavy atom. The van der Waals surface area contributed by atoms with Crippen LogP contribution in [0.5, 0.6) is 5.75 Å². The van der Waals surface area contributed by atoms with E-state index >= 15 is 0 Å². The Bertz CT molecular complexity index is 344. The van der Waals surface area contributed by atoms with Crippen LogP contribution in [0, 0.1) is 5.82 Å². The van der Waals surface area contributed by atoms with Crippen LogP contribution in [0.1, 0.15) is 11.1 Å². The summed E-state index contributed by atoms with van der Waals surface area (Å²) < 4.78 is 23.6. The number of halogens is 1. The van der Waals surface area contributed by atoms with Crippen LogP contribution in [0.25, 0.3) is 0 Å². The van der Waals surface area contributed by atoms with Gasteiger partial charge in [0.1, 0.15) is 0 Å². The number of ether oxygens (including phenoxy) is 2. The van der Waals surface area contributed by atoms with Crippen molar-refractivity contribution in [2.45, 2.75) is 13.2 Å². The van der Waals surface area contributed by atoms with Crippen molar-refractivity contribution in [1.82, 2.24) is 5.48 Å². The number of nitrogens with one attached hydrogen (secondary N) is 1. The molecule has 0 aliphatic carbocycles. The van der Waals surface area contributed by atoms with Gasteiger partial charge in [0.05, 0.1) is 20.8 Å². The van der Waals surface area contributed by atoms with E-state index < -0.39 is 5.82 Å². The Balaban J connectivity index is 2.99. The van der Waals surface area contributed by atoms with Crippen LogP contribution in [0.15, 0.2) is 12.1 Å². The average Bonchev–Trinajstić information content (AvgIpc) is 2.26. The number of hydrogen-bond donors (Lipinski definition) is 1. The largest absolute Gasteiger partial charge is 0.493 e. The Morgan fingerprint density at radius 1 is 1.25 bits per heavy atom. The zero-order valence-electron chi connectivity index (χ0n) is 9.67. The summed E-state index contributed by atoms with van der Waals surface area (Å²) in [5.41, 5.74) is 4.10. The van der Waals surface area contributed by atoms with Crippen LogP contribution in [0.2, 0.25) is 0 Å². The highest BCUT2D eigenvalue weighted by molar-refractivity contribution is 5.38. The third-order valence-electron chi connectivity index (χ3n) is 2.10. The summed E-state index contributed by atoms with van der Waals surface area (Å²) in [5.74, 6) is -0.172. The van der Waals surface area contributed by atoms with Gasteiger partial charge in [-0.05, 0) is 17.7 Å². The fraction of sp³-hybridized carbons (Fsp3) is 0.455. The van der Waals surface area contributed by atoms with Crippen LogP contribution in [0.3, 0.4) is 0 Å². The van der Waals surface area contributed by atoms with Crippen molar-refractivity contribution in [3.63, 3.8) is 0 Å². The fourth-order valence-electron chi connectivity index (χ4n) is 1.47. The molecule has 1 aromatic carbocycles. The monoisotopic (exact) mass is 229 g/mol.